The molecule has 0 aliphatic heterocycles. The average molecular weight is 381 g/mol. The second-order valence-electron chi connectivity index (χ2n) is 6.18. The highest BCUT2D eigenvalue weighted by Crippen LogP contribution is 2.24. The number of anilines is 1. The van der Waals surface area contributed by atoms with Gasteiger partial charge >= 0.3 is 0 Å². The number of nitrogens with one attached hydrogen (secondary N) is 2. The van der Waals surface area contributed by atoms with Gasteiger partial charge in [0.25, 0.3) is 11.5 Å². The first-order valence-corrected chi connectivity index (χ1v) is 9.23. The Labute approximate surface area is 157 Å². The molecule has 26 heavy (non-hydrogen) atoms. The van der Waals surface area contributed by atoms with E-state index < -0.39 is 0 Å². The molecule has 2 heterocycles. The Hall–Kier alpha value is -2.77. The summed E-state index contributed by atoms with van der Waals surface area (Å²) in [6.45, 7) is 3.88. The lowest BCUT2D eigenvalue weighted by atomic mass is 10.1. The average Bonchev–Trinajstić information content (AvgIpc) is 2.92. The van der Waals surface area contributed by atoms with E-state index in [1.165, 1.54) is 11.3 Å². The molecular formula is C19H15N3O2S2. The van der Waals surface area contributed by atoms with Crippen molar-refractivity contribution in [1.29, 1.82) is 0 Å². The van der Waals surface area contributed by atoms with Crippen molar-refractivity contribution >= 4 is 51.7 Å². The molecule has 130 valence electrons. The Morgan fingerprint density at radius 3 is 2.69 bits per heavy atom. The van der Waals surface area contributed by atoms with Crippen LogP contribution in [0.2, 0.25) is 0 Å². The number of benzene rings is 2. The predicted octanol–water partition coefficient (Wildman–Crippen LogP) is 4.44. The van der Waals surface area contributed by atoms with Crippen LogP contribution in [-0.2, 0) is 0 Å². The van der Waals surface area contributed by atoms with Crippen molar-refractivity contribution in [3.8, 4) is 0 Å². The largest absolute Gasteiger partial charge is 0.321 e. The van der Waals surface area contributed by atoms with Gasteiger partial charge < -0.3 is 10.3 Å². The molecule has 0 fully saturated rings. The highest BCUT2D eigenvalue weighted by molar-refractivity contribution is 7.73. The fourth-order valence-electron chi connectivity index (χ4n) is 2.97. The standard InChI is InChI=1S/C19H15N3O2S2/c1-10-4-3-5-12(8-10)20-18(24)15-16-21-17(23)13-9-11(2)6-7-14(13)22(16)19(25)26-15/h3-9H,1-2H3,(H,20,24)(H,21,23). The zero-order valence-electron chi connectivity index (χ0n) is 14.1. The molecule has 5 nitrogen and oxygen atoms in total. The monoisotopic (exact) mass is 381 g/mol. The van der Waals surface area contributed by atoms with Crippen LogP contribution in [0.25, 0.3) is 16.6 Å². The summed E-state index contributed by atoms with van der Waals surface area (Å²) < 4.78 is 2.26. The number of carbonyl (C=O) groups excluding carboxylic acids is 1. The molecule has 0 aliphatic carbocycles. The van der Waals surface area contributed by atoms with Gasteiger partial charge in [-0.25, -0.2) is 0 Å². The number of hydrogen-bond acceptors (Lipinski definition) is 4. The number of H-pyrrole nitrogens is 1. The molecule has 2 aromatic carbocycles. The van der Waals surface area contributed by atoms with Gasteiger partial charge in [0.1, 0.15) is 10.5 Å². The quantitative estimate of drug-likeness (QED) is 0.505. The van der Waals surface area contributed by atoms with Crippen LogP contribution in [0.1, 0.15) is 20.8 Å². The van der Waals surface area contributed by atoms with Crippen LogP contribution in [0, 0.1) is 17.8 Å². The Morgan fingerprint density at radius 1 is 1.15 bits per heavy atom. The molecule has 7 heteroatoms. The summed E-state index contributed by atoms with van der Waals surface area (Å²) in [6.07, 6.45) is 0. The molecule has 0 spiro atoms. The van der Waals surface area contributed by atoms with Crippen molar-refractivity contribution in [2.45, 2.75) is 13.8 Å². The molecule has 0 radical (unpaired) electrons. The molecular weight excluding hydrogens is 366 g/mol. The van der Waals surface area contributed by atoms with Crippen molar-refractivity contribution in [2.24, 2.45) is 0 Å². The maximum absolute atomic E-state index is 12.8. The zero-order chi connectivity index (χ0) is 18.4. The van der Waals surface area contributed by atoms with Gasteiger partial charge in [-0.1, -0.05) is 35.1 Å². The lowest BCUT2D eigenvalue weighted by molar-refractivity contribution is 0.103. The third kappa shape index (κ3) is 2.75. The number of aromatic nitrogens is 2. The number of aromatic amines is 1. The highest BCUT2D eigenvalue weighted by atomic mass is 32.1. The van der Waals surface area contributed by atoms with Crippen molar-refractivity contribution in [3.63, 3.8) is 0 Å². The number of thiazole rings is 1. The first kappa shape index (κ1) is 16.7. The molecule has 2 N–H and O–H groups in total. The van der Waals surface area contributed by atoms with E-state index in [2.05, 4.69) is 10.3 Å². The van der Waals surface area contributed by atoms with Gasteiger partial charge in [0.15, 0.2) is 3.95 Å². The Morgan fingerprint density at radius 2 is 1.92 bits per heavy atom. The molecule has 0 bridgehead atoms. The third-order valence-corrected chi connectivity index (χ3v) is 5.53. The Bertz CT molecular complexity index is 1300. The number of hydrogen-bond donors (Lipinski definition) is 2. The topological polar surface area (TPSA) is 66.4 Å². The van der Waals surface area contributed by atoms with Crippen LogP contribution in [0.3, 0.4) is 0 Å². The van der Waals surface area contributed by atoms with Crippen LogP contribution in [-0.4, -0.2) is 15.3 Å². The van der Waals surface area contributed by atoms with Gasteiger partial charge in [0, 0.05) is 5.69 Å². The normalized spacial score (nSPS) is 11.2. The maximum Gasteiger partial charge on any atom is 0.269 e. The molecule has 0 atom stereocenters. The van der Waals surface area contributed by atoms with Crippen molar-refractivity contribution in [3.05, 3.63) is 72.8 Å². The van der Waals surface area contributed by atoms with E-state index in [1.807, 2.05) is 56.3 Å². The van der Waals surface area contributed by atoms with E-state index in [0.29, 0.717) is 31.1 Å². The minimum atomic E-state index is -0.295. The number of aryl methyl sites for hydroxylation is 2. The van der Waals surface area contributed by atoms with Gasteiger partial charge in [-0.2, -0.15) is 0 Å². The zero-order valence-corrected chi connectivity index (χ0v) is 15.8. The van der Waals surface area contributed by atoms with Crippen molar-refractivity contribution in [2.75, 3.05) is 5.32 Å². The fourth-order valence-corrected chi connectivity index (χ4v) is 4.25. The lowest BCUT2D eigenvalue weighted by Crippen LogP contribution is -2.15. The molecule has 1 amide bonds. The van der Waals surface area contributed by atoms with E-state index in [-0.39, 0.29) is 11.5 Å². The summed E-state index contributed by atoms with van der Waals surface area (Å²) in [5.41, 5.74) is 3.62. The third-order valence-electron chi connectivity index (χ3n) is 4.16. The number of rotatable bonds is 2. The summed E-state index contributed by atoms with van der Waals surface area (Å²) in [4.78, 5) is 28.5. The van der Waals surface area contributed by atoms with Gasteiger partial charge in [0.05, 0.1) is 10.9 Å². The van der Waals surface area contributed by atoms with E-state index >= 15 is 0 Å². The summed E-state index contributed by atoms with van der Waals surface area (Å²) in [6, 6.07) is 13.1. The molecule has 2 aromatic heterocycles. The Balaban J connectivity index is 1.90. The van der Waals surface area contributed by atoms with Gasteiger partial charge in [-0.05, 0) is 55.9 Å². The van der Waals surface area contributed by atoms with Crippen LogP contribution < -0.4 is 10.9 Å². The summed E-state index contributed by atoms with van der Waals surface area (Å²) >= 11 is 6.64. The van der Waals surface area contributed by atoms with Crippen LogP contribution in [0.5, 0.6) is 0 Å². The fraction of sp³-hybridized carbons (Fsp3) is 0.105. The first-order chi connectivity index (χ1) is 12.4. The van der Waals surface area contributed by atoms with E-state index in [0.717, 1.165) is 11.1 Å². The molecule has 0 unspecified atom stereocenters. The second kappa shape index (κ2) is 6.19. The number of fused-ring (bicyclic) bond motifs is 3. The highest BCUT2D eigenvalue weighted by Gasteiger charge is 2.18. The molecule has 0 saturated heterocycles. The van der Waals surface area contributed by atoms with Crippen LogP contribution in [0.4, 0.5) is 5.69 Å². The van der Waals surface area contributed by atoms with E-state index in [4.69, 9.17) is 12.2 Å². The van der Waals surface area contributed by atoms with Crippen LogP contribution in [0.15, 0.2) is 47.3 Å². The van der Waals surface area contributed by atoms with Crippen molar-refractivity contribution in [1.82, 2.24) is 9.38 Å². The molecule has 4 rings (SSSR count). The summed E-state index contributed by atoms with van der Waals surface area (Å²) in [5.74, 6) is -0.295. The molecule has 0 aliphatic rings. The summed E-state index contributed by atoms with van der Waals surface area (Å²) in [7, 11) is 0. The molecule has 4 aromatic rings. The van der Waals surface area contributed by atoms with E-state index in [9.17, 15) is 9.59 Å². The number of nitrogens with zero attached hydrogens (tertiary/aromatic N) is 1. The number of carbonyl (C=O) groups is 1. The minimum absolute atomic E-state index is 0.235. The predicted molar refractivity (Wildman–Crippen MR) is 108 cm³/mol. The number of amides is 1. The van der Waals surface area contributed by atoms with E-state index in [1.54, 1.807) is 4.40 Å². The van der Waals surface area contributed by atoms with Crippen LogP contribution >= 0.6 is 23.6 Å². The SMILES string of the molecule is Cc1cccc(NC(=O)c2sc(=S)n3c2[nH]c(=O)c2cc(C)ccc23)c1. The van der Waals surface area contributed by atoms with Gasteiger partial charge in [0.2, 0.25) is 0 Å². The molecule has 0 saturated carbocycles. The smallest absolute Gasteiger partial charge is 0.269 e. The minimum Gasteiger partial charge on any atom is -0.321 e. The van der Waals surface area contributed by atoms with Gasteiger partial charge in [-0.15, -0.1) is 0 Å². The summed E-state index contributed by atoms with van der Waals surface area (Å²) in [5, 5.41) is 3.42. The van der Waals surface area contributed by atoms with Gasteiger partial charge in [-0.3, -0.25) is 14.0 Å². The lowest BCUT2D eigenvalue weighted by Gasteiger charge is -2.06. The Kier molecular flexibility index (Phi) is 3.97. The van der Waals surface area contributed by atoms with Crippen molar-refractivity contribution < 1.29 is 4.79 Å². The second-order valence-corrected chi connectivity index (χ2v) is 7.82. The maximum atomic E-state index is 12.8. The first-order valence-electron chi connectivity index (χ1n) is 8.00.